The molecule has 0 unspecified atom stereocenters. The van der Waals surface area contributed by atoms with Gasteiger partial charge in [-0.1, -0.05) is 12.1 Å². The van der Waals surface area contributed by atoms with Crippen molar-refractivity contribution < 1.29 is 9.13 Å². The quantitative estimate of drug-likeness (QED) is 0.744. The first-order chi connectivity index (χ1) is 10.6. The van der Waals surface area contributed by atoms with Crippen LogP contribution in [-0.2, 0) is 6.54 Å². The molecule has 3 aromatic rings. The van der Waals surface area contributed by atoms with Gasteiger partial charge in [-0.25, -0.2) is 9.37 Å². The van der Waals surface area contributed by atoms with Gasteiger partial charge in [-0.15, -0.1) is 0 Å². The fourth-order valence-electron chi connectivity index (χ4n) is 2.26. The Morgan fingerprint density at radius 2 is 2.09 bits per heavy atom. The summed E-state index contributed by atoms with van der Waals surface area (Å²) in [5.41, 5.74) is 1.28. The van der Waals surface area contributed by atoms with Gasteiger partial charge in [-0.2, -0.15) is 0 Å². The molecule has 0 saturated carbocycles. The van der Waals surface area contributed by atoms with Crippen LogP contribution in [0.15, 0.2) is 53.6 Å². The van der Waals surface area contributed by atoms with Crippen LogP contribution in [0.5, 0.6) is 5.75 Å². The fraction of sp³-hybridized carbons (Fsp3) is 0.176. The van der Waals surface area contributed by atoms with Crippen LogP contribution < -0.4 is 10.3 Å². The number of ether oxygens (including phenoxy) is 1. The van der Waals surface area contributed by atoms with E-state index in [1.54, 1.807) is 0 Å². The number of aryl methyl sites for hydroxylation is 1. The molecule has 0 radical (unpaired) electrons. The van der Waals surface area contributed by atoms with E-state index in [0.29, 0.717) is 24.1 Å². The average Bonchev–Trinajstić information content (AvgIpc) is 2.49. The van der Waals surface area contributed by atoms with Gasteiger partial charge in [0.15, 0.2) is 0 Å². The molecule has 0 amide bonds. The lowest BCUT2D eigenvalue weighted by atomic mass is 10.2. The first kappa shape index (κ1) is 14.3. The van der Waals surface area contributed by atoms with Gasteiger partial charge in [0, 0.05) is 6.07 Å². The Kier molecular flexibility index (Phi) is 3.87. The van der Waals surface area contributed by atoms with E-state index >= 15 is 0 Å². The Balaban J connectivity index is 1.75. The highest BCUT2D eigenvalue weighted by Crippen LogP contribution is 2.12. The molecule has 0 spiro atoms. The van der Waals surface area contributed by atoms with Gasteiger partial charge < -0.3 is 4.74 Å². The smallest absolute Gasteiger partial charge is 0.261 e. The van der Waals surface area contributed by atoms with Crippen LogP contribution in [0, 0.1) is 12.7 Å². The Hall–Kier alpha value is -2.69. The molecule has 0 bridgehead atoms. The van der Waals surface area contributed by atoms with Crippen LogP contribution in [0.3, 0.4) is 0 Å². The predicted molar refractivity (Wildman–Crippen MR) is 82.6 cm³/mol. The Bertz CT molecular complexity index is 874. The number of fused-ring (bicyclic) bond motifs is 1. The lowest BCUT2D eigenvalue weighted by molar-refractivity contribution is 0.296. The van der Waals surface area contributed by atoms with Crippen molar-refractivity contribution in [1.82, 2.24) is 9.55 Å². The molecule has 0 atom stereocenters. The van der Waals surface area contributed by atoms with Gasteiger partial charge in [0.05, 0.1) is 23.8 Å². The topological polar surface area (TPSA) is 44.1 Å². The van der Waals surface area contributed by atoms with Crippen molar-refractivity contribution in [1.29, 1.82) is 0 Å². The number of halogens is 1. The summed E-state index contributed by atoms with van der Waals surface area (Å²) in [5.74, 6) is 0.365. The molecule has 0 saturated heterocycles. The average molecular weight is 298 g/mol. The number of aromatic nitrogens is 2. The SMILES string of the molecule is Cc1cccc(OCCn2cnc3cc(F)ccc3c2=O)c1. The van der Waals surface area contributed by atoms with E-state index < -0.39 is 5.82 Å². The van der Waals surface area contributed by atoms with Crippen molar-refractivity contribution in [2.24, 2.45) is 0 Å². The molecule has 0 aliphatic rings. The zero-order valence-corrected chi connectivity index (χ0v) is 12.1. The molecule has 22 heavy (non-hydrogen) atoms. The number of benzene rings is 2. The second kappa shape index (κ2) is 5.97. The third-order valence-corrected chi connectivity index (χ3v) is 3.38. The van der Waals surface area contributed by atoms with Crippen molar-refractivity contribution in [2.75, 3.05) is 6.61 Å². The highest BCUT2D eigenvalue weighted by Gasteiger charge is 2.05. The van der Waals surface area contributed by atoms with Gasteiger partial charge in [0.1, 0.15) is 18.2 Å². The second-order valence-electron chi connectivity index (χ2n) is 5.07. The van der Waals surface area contributed by atoms with Crippen molar-refractivity contribution >= 4 is 10.9 Å². The number of hydrogen-bond acceptors (Lipinski definition) is 3. The minimum atomic E-state index is -0.403. The lowest BCUT2D eigenvalue weighted by Gasteiger charge is -2.09. The van der Waals surface area contributed by atoms with Crippen molar-refractivity contribution in [3.63, 3.8) is 0 Å². The van der Waals surface area contributed by atoms with E-state index in [4.69, 9.17) is 4.74 Å². The van der Waals surface area contributed by atoms with Gasteiger partial charge in [-0.05, 0) is 36.8 Å². The van der Waals surface area contributed by atoms with Gasteiger partial charge in [-0.3, -0.25) is 9.36 Å². The summed E-state index contributed by atoms with van der Waals surface area (Å²) in [7, 11) is 0. The first-order valence-corrected chi connectivity index (χ1v) is 6.98. The van der Waals surface area contributed by atoms with Crippen LogP contribution >= 0.6 is 0 Å². The summed E-state index contributed by atoms with van der Waals surface area (Å²) < 4.78 is 20.2. The van der Waals surface area contributed by atoms with E-state index in [0.717, 1.165) is 11.3 Å². The normalized spacial score (nSPS) is 10.8. The van der Waals surface area contributed by atoms with E-state index in [-0.39, 0.29) is 5.56 Å². The zero-order valence-electron chi connectivity index (χ0n) is 12.1. The Morgan fingerprint density at radius 3 is 2.91 bits per heavy atom. The highest BCUT2D eigenvalue weighted by molar-refractivity contribution is 5.77. The summed E-state index contributed by atoms with van der Waals surface area (Å²) in [6.07, 6.45) is 1.42. The second-order valence-corrected chi connectivity index (χ2v) is 5.07. The maximum absolute atomic E-state index is 13.1. The van der Waals surface area contributed by atoms with E-state index in [9.17, 15) is 9.18 Å². The number of rotatable bonds is 4. The van der Waals surface area contributed by atoms with Gasteiger partial charge >= 0.3 is 0 Å². The monoisotopic (exact) mass is 298 g/mol. The van der Waals surface area contributed by atoms with Crippen LogP contribution in [-0.4, -0.2) is 16.2 Å². The molecule has 0 N–H and O–H groups in total. The maximum atomic E-state index is 13.1. The summed E-state index contributed by atoms with van der Waals surface area (Å²) in [4.78, 5) is 16.4. The Labute approximate surface area is 126 Å². The summed E-state index contributed by atoms with van der Waals surface area (Å²) in [6, 6.07) is 11.7. The van der Waals surface area contributed by atoms with E-state index in [1.807, 2.05) is 31.2 Å². The minimum absolute atomic E-state index is 0.196. The fourth-order valence-corrected chi connectivity index (χ4v) is 2.26. The number of nitrogens with zero attached hydrogens (tertiary/aromatic N) is 2. The molecule has 0 fully saturated rings. The van der Waals surface area contributed by atoms with Gasteiger partial charge in [0.25, 0.3) is 5.56 Å². The van der Waals surface area contributed by atoms with Crippen molar-refractivity contribution in [3.8, 4) is 5.75 Å². The molecule has 112 valence electrons. The molecule has 1 heterocycles. The zero-order chi connectivity index (χ0) is 15.5. The lowest BCUT2D eigenvalue weighted by Crippen LogP contribution is -2.23. The molecule has 1 aromatic heterocycles. The molecular weight excluding hydrogens is 283 g/mol. The van der Waals surface area contributed by atoms with Crippen molar-refractivity contribution in [2.45, 2.75) is 13.5 Å². The molecule has 0 aliphatic carbocycles. The number of hydrogen-bond donors (Lipinski definition) is 0. The predicted octanol–water partition coefficient (Wildman–Crippen LogP) is 2.92. The first-order valence-electron chi connectivity index (χ1n) is 6.98. The van der Waals surface area contributed by atoms with Crippen LogP contribution in [0.25, 0.3) is 10.9 Å². The maximum Gasteiger partial charge on any atom is 0.261 e. The summed E-state index contributed by atoms with van der Waals surface area (Å²) in [6.45, 7) is 2.73. The van der Waals surface area contributed by atoms with E-state index in [2.05, 4.69) is 4.98 Å². The van der Waals surface area contributed by atoms with Crippen molar-refractivity contribution in [3.05, 3.63) is 70.5 Å². The van der Waals surface area contributed by atoms with Crippen LogP contribution in [0.2, 0.25) is 0 Å². The van der Waals surface area contributed by atoms with Crippen LogP contribution in [0.1, 0.15) is 5.56 Å². The Morgan fingerprint density at radius 1 is 1.23 bits per heavy atom. The minimum Gasteiger partial charge on any atom is -0.492 e. The molecule has 5 heteroatoms. The molecule has 4 nitrogen and oxygen atoms in total. The molecule has 3 rings (SSSR count). The third-order valence-electron chi connectivity index (χ3n) is 3.38. The van der Waals surface area contributed by atoms with Crippen LogP contribution in [0.4, 0.5) is 4.39 Å². The highest BCUT2D eigenvalue weighted by atomic mass is 19.1. The largest absolute Gasteiger partial charge is 0.492 e. The van der Waals surface area contributed by atoms with Gasteiger partial charge in [0.2, 0.25) is 0 Å². The summed E-state index contributed by atoms with van der Waals surface area (Å²) in [5, 5.41) is 0.402. The third kappa shape index (κ3) is 2.98. The standard InChI is InChI=1S/C17H15FN2O2/c1-12-3-2-4-14(9-12)22-8-7-20-11-19-16-10-13(18)5-6-15(16)17(20)21/h2-6,9-11H,7-8H2,1H3. The molecular formula is C17H15FN2O2. The summed E-state index contributed by atoms with van der Waals surface area (Å²) >= 11 is 0. The molecule has 0 aliphatic heterocycles. The molecule has 2 aromatic carbocycles. The van der Waals surface area contributed by atoms with E-state index in [1.165, 1.54) is 29.1 Å².